The SMILES string of the molecule is CC/C=C\C/C=C\C/C=C\C/C=C\C/C=C\C/C=C\CCCCCCCCCCC(=O)OC(COC(=O)CCCCCCC/C=C\CCC)COC(=O)CCCCCCCCCCCCCCCCCCCCCCCCCCCCCC. The molecule has 0 fully saturated rings. The third-order valence-corrected chi connectivity index (χ3v) is 15.9. The van der Waals surface area contributed by atoms with Gasteiger partial charge in [-0.3, -0.25) is 14.4 Å². The molecule has 83 heavy (non-hydrogen) atoms. The molecule has 1 unspecified atom stereocenters. The van der Waals surface area contributed by atoms with E-state index in [1.165, 1.54) is 212 Å². The molecule has 0 saturated carbocycles. The number of carbonyl (C=O) groups is 3. The van der Waals surface area contributed by atoms with Crippen LogP contribution in [0.15, 0.2) is 85.1 Å². The van der Waals surface area contributed by atoms with Crippen LogP contribution in [0.3, 0.4) is 0 Å². The van der Waals surface area contributed by atoms with E-state index in [2.05, 4.69) is 106 Å². The normalized spacial score (nSPS) is 12.6. The Morgan fingerprint density at radius 3 is 0.795 bits per heavy atom. The Morgan fingerprint density at radius 1 is 0.253 bits per heavy atom. The average Bonchev–Trinajstić information content (AvgIpc) is 3.48. The van der Waals surface area contributed by atoms with Crippen molar-refractivity contribution in [1.29, 1.82) is 0 Å². The van der Waals surface area contributed by atoms with Crippen molar-refractivity contribution in [1.82, 2.24) is 0 Å². The molecule has 480 valence electrons. The highest BCUT2D eigenvalue weighted by Gasteiger charge is 2.19. The van der Waals surface area contributed by atoms with Gasteiger partial charge in [0.2, 0.25) is 0 Å². The second-order valence-electron chi connectivity index (χ2n) is 24.1. The van der Waals surface area contributed by atoms with Crippen LogP contribution in [-0.2, 0) is 28.6 Å². The van der Waals surface area contributed by atoms with Crippen molar-refractivity contribution in [3.63, 3.8) is 0 Å². The van der Waals surface area contributed by atoms with Crippen LogP contribution in [0.2, 0.25) is 0 Å². The first-order valence-corrected chi connectivity index (χ1v) is 36.1. The maximum Gasteiger partial charge on any atom is 0.306 e. The number of ether oxygens (including phenoxy) is 3. The number of allylic oxidation sites excluding steroid dienone is 14. The van der Waals surface area contributed by atoms with Gasteiger partial charge in [0.15, 0.2) is 6.10 Å². The molecule has 6 heteroatoms. The summed E-state index contributed by atoms with van der Waals surface area (Å²) in [5, 5.41) is 0. The molecule has 0 saturated heterocycles. The molecule has 0 heterocycles. The number of unbranched alkanes of at least 4 members (excludes halogenated alkanes) is 41. The maximum absolute atomic E-state index is 12.9. The highest BCUT2D eigenvalue weighted by molar-refractivity contribution is 5.71. The average molecular weight is 1160 g/mol. The number of esters is 3. The molecule has 0 amide bonds. The van der Waals surface area contributed by atoms with E-state index in [4.69, 9.17) is 14.2 Å². The summed E-state index contributed by atoms with van der Waals surface area (Å²) in [6, 6.07) is 0. The Kier molecular flexibility index (Phi) is 68.2. The van der Waals surface area contributed by atoms with Crippen LogP contribution in [-0.4, -0.2) is 37.2 Å². The highest BCUT2D eigenvalue weighted by Crippen LogP contribution is 2.18. The van der Waals surface area contributed by atoms with Crippen molar-refractivity contribution in [3.8, 4) is 0 Å². The van der Waals surface area contributed by atoms with E-state index in [1.807, 2.05) is 0 Å². The quantitative estimate of drug-likeness (QED) is 0.0261. The van der Waals surface area contributed by atoms with Crippen LogP contribution in [0.5, 0.6) is 0 Å². The lowest BCUT2D eigenvalue weighted by atomic mass is 10.0. The van der Waals surface area contributed by atoms with Crippen molar-refractivity contribution in [2.24, 2.45) is 0 Å². The number of hydrogen-bond acceptors (Lipinski definition) is 6. The van der Waals surface area contributed by atoms with Gasteiger partial charge in [0.25, 0.3) is 0 Å². The molecule has 0 aliphatic heterocycles. The molecule has 0 aliphatic carbocycles. The van der Waals surface area contributed by atoms with Gasteiger partial charge in [-0.1, -0.05) is 343 Å². The summed E-state index contributed by atoms with van der Waals surface area (Å²) in [4.78, 5) is 38.4. The Morgan fingerprint density at radius 2 is 0.494 bits per heavy atom. The van der Waals surface area contributed by atoms with E-state index in [1.54, 1.807) is 0 Å². The minimum absolute atomic E-state index is 0.0792. The molecule has 0 aliphatic rings. The zero-order chi connectivity index (χ0) is 59.9. The van der Waals surface area contributed by atoms with Gasteiger partial charge in [0.1, 0.15) is 13.2 Å². The molecule has 1 atom stereocenters. The Labute approximate surface area is 515 Å². The van der Waals surface area contributed by atoms with E-state index in [0.29, 0.717) is 19.3 Å². The summed E-state index contributed by atoms with van der Waals surface area (Å²) in [5.74, 6) is -0.881. The summed E-state index contributed by atoms with van der Waals surface area (Å²) in [6.07, 6.45) is 94.9. The summed E-state index contributed by atoms with van der Waals surface area (Å²) >= 11 is 0. The third kappa shape index (κ3) is 69.3. The van der Waals surface area contributed by atoms with E-state index < -0.39 is 6.10 Å². The van der Waals surface area contributed by atoms with Crippen LogP contribution in [0.25, 0.3) is 0 Å². The molecule has 0 spiro atoms. The van der Waals surface area contributed by atoms with Crippen molar-refractivity contribution in [2.45, 2.75) is 374 Å². The van der Waals surface area contributed by atoms with Crippen LogP contribution >= 0.6 is 0 Å². The second-order valence-corrected chi connectivity index (χ2v) is 24.1. The first-order valence-electron chi connectivity index (χ1n) is 36.1. The van der Waals surface area contributed by atoms with Gasteiger partial charge >= 0.3 is 17.9 Å². The van der Waals surface area contributed by atoms with Crippen LogP contribution < -0.4 is 0 Å². The molecule has 0 N–H and O–H groups in total. The zero-order valence-corrected chi connectivity index (χ0v) is 55.2. The highest BCUT2D eigenvalue weighted by atomic mass is 16.6. The van der Waals surface area contributed by atoms with Gasteiger partial charge in [-0.2, -0.15) is 0 Å². The maximum atomic E-state index is 12.9. The number of hydrogen-bond donors (Lipinski definition) is 0. The van der Waals surface area contributed by atoms with E-state index in [9.17, 15) is 14.4 Å². The van der Waals surface area contributed by atoms with Gasteiger partial charge in [-0.05, 0) is 89.9 Å². The first kappa shape index (κ1) is 79.6. The Balaban J connectivity index is 4.18. The topological polar surface area (TPSA) is 78.9 Å². The minimum atomic E-state index is -0.784. The Hall–Kier alpha value is -3.41. The lowest BCUT2D eigenvalue weighted by molar-refractivity contribution is -0.167. The molecule has 0 bridgehead atoms. The molecule has 0 aromatic heterocycles. The fourth-order valence-corrected chi connectivity index (χ4v) is 10.5. The molecular weight excluding hydrogens is 1020 g/mol. The number of carbonyl (C=O) groups excluding carboxylic acids is 3. The molecule has 0 aromatic carbocycles. The first-order chi connectivity index (χ1) is 41.0. The van der Waals surface area contributed by atoms with Gasteiger partial charge in [0.05, 0.1) is 0 Å². The molecule has 0 rings (SSSR count). The van der Waals surface area contributed by atoms with Gasteiger partial charge in [-0.25, -0.2) is 0 Å². The molecule has 0 aromatic rings. The van der Waals surface area contributed by atoms with E-state index >= 15 is 0 Å². The van der Waals surface area contributed by atoms with Crippen molar-refractivity contribution in [2.75, 3.05) is 13.2 Å². The summed E-state index contributed by atoms with van der Waals surface area (Å²) < 4.78 is 16.9. The predicted octanol–water partition coefficient (Wildman–Crippen LogP) is 25.0. The Bertz CT molecular complexity index is 1570. The summed E-state index contributed by atoms with van der Waals surface area (Å²) in [5.41, 5.74) is 0. The van der Waals surface area contributed by atoms with Crippen molar-refractivity contribution in [3.05, 3.63) is 85.1 Å². The molecule has 6 nitrogen and oxygen atoms in total. The van der Waals surface area contributed by atoms with Gasteiger partial charge < -0.3 is 14.2 Å². The minimum Gasteiger partial charge on any atom is -0.462 e. The van der Waals surface area contributed by atoms with E-state index in [-0.39, 0.29) is 31.1 Å². The third-order valence-electron chi connectivity index (χ3n) is 15.9. The standard InChI is InChI=1S/C77H136O6/c1-4-7-10-13-16-19-22-24-26-28-30-32-34-36-38-40-41-43-45-47-49-51-53-55-58-61-64-67-70-76(79)82-73-74(72-81-75(78)69-66-63-60-57-21-18-15-12-9-6-3)83-77(80)71-68-65-62-59-56-54-52-50-48-46-44-42-39-37-35-33-31-29-27-25-23-20-17-14-11-8-5-2/h8,11-12,15,17,20,25,27,31,33,37,39,44,46,74H,4-7,9-10,13-14,16,18-19,21-24,26,28-30,32,34-36,38,40-43,45,47-73H2,1-3H3/b11-8-,15-12-,20-17-,27-25-,33-31-,39-37-,46-44-. The zero-order valence-electron chi connectivity index (χ0n) is 55.2. The van der Waals surface area contributed by atoms with Gasteiger partial charge in [-0.15, -0.1) is 0 Å². The predicted molar refractivity (Wildman–Crippen MR) is 362 cm³/mol. The lowest BCUT2D eigenvalue weighted by Crippen LogP contribution is -2.30. The fraction of sp³-hybridized carbons (Fsp3) is 0.779. The van der Waals surface area contributed by atoms with Gasteiger partial charge in [0, 0.05) is 19.3 Å². The number of rotatable bonds is 66. The lowest BCUT2D eigenvalue weighted by Gasteiger charge is -2.18. The monoisotopic (exact) mass is 1160 g/mol. The van der Waals surface area contributed by atoms with Crippen molar-refractivity contribution < 1.29 is 28.6 Å². The summed E-state index contributed by atoms with van der Waals surface area (Å²) in [7, 11) is 0. The van der Waals surface area contributed by atoms with Crippen LogP contribution in [0.4, 0.5) is 0 Å². The fourth-order valence-electron chi connectivity index (χ4n) is 10.5. The van der Waals surface area contributed by atoms with Crippen LogP contribution in [0, 0.1) is 0 Å². The summed E-state index contributed by atoms with van der Waals surface area (Å²) in [6.45, 7) is 6.50. The largest absolute Gasteiger partial charge is 0.462 e. The van der Waals surface area contributed by atoms with Crippen LogP contribution in [0.1, 0.15) is 367 Å². The molecular formula is C77H136O6. The van der Waals surface area contributed by atoms with Crippen molar-refractivity contribution >= 4 is 17.9 Å². The second kappa shape index (κ2) is 71.1. The van der Waals surface area contributed by atoms with E-state index in [0.717, 1.165) is 116 Å². The molecule has 0 radical (unpaired) electrons. The smallest absolute Gasteiger partial charge is 0.306 e.